The second kappa shape index (κ2) is 5.31. The van der Waals surface area contributed by atoms with Crippen LogP contribution in [0.25, 0.3) is 0 Å². The van der Waals surface area contributed by atoms with Crippen LogP contribution in [0.2, 0.25) is 0 Å². The van der Waals surface area contributed by atoms with Gasteiger partial charge in [-0.05, 0) is 32.9 Å². The van der Waals surface area contributed by atoms with Gasteiger partial charge in [0.1, 0.15) is 0 Å². The van der Waals surface area contributed by atoms with Crippen molar-refractivity contribution in [3.8, 4) is 0 Å². The van der Waals surface area contributed by atoms with E-state index in [0.717, 1.165) is 19.5 Å². The van der Waals surface area contributed by atoms with Crippen LogP contribution in [0.15, 0.2) is 6.20 Å². The summed E-state index contributed by atoms with van der Waals surface area (Å²) in [5.41, 5.74) is 2.84. The van der Waals surface area contributed by atoms with Crippen LogP contribution in [-0.4, -0.2) is 28.3 Å². The smallest absolute Gasteiger partial charge is 0.0559 e. The lowest BCUT2D eigenvalue weighted by atomic mass is 10.1. The van der Waals surface area contributed by atoms with Crippen LogP contribution in [0.1, 0.15) is 45.0 Å². The first-order valence-electron chi connectivity index (χ1n) is 5.92. The Labute approximate surface area is 93.1 Å². The Kier molecular flexibility index (Phi) is 4.33. The summed E-state index contributed by atoms with van der Waals surface area (Å²) in [5, 5.41) is 4.42. The molecule has 2 heterocycles. The third-order valence-corrected chi connectivity index (χ3v) is 2.66. The largest absolute Gasteiger partial charge is 0.300 e. The monoisotopic (exact) mass is 209 g/mol. The summed E-state index contributed by atoms with van der Waals surface area (Å²) in [5.74, 6) is 0. The Morgan fingerprint density at radius 2 is 2.00 bits per heavy atom. The summed E-state index contributed by atoms with van der Waals surface area (Å²) < 4.78 is 2.14. The SMILES string of the molecule is CC.CC(C)n1ncc2c1CN(C)CC2. The molecule has 0 saturated heterocycles. The first kappa shape index (κ1) is 12.2. The van der Waals surface area contributed by atoms with Crippen LogP contribution in [0.3, 0.4) is 0 Å². The summed E-state index contributed by atoms with van der Waals surface area (Å²) in [6, 6.07) is 0.482. The number of likely N-dealkylation sites (N-methyl/N-ethyl adjacent to an activating group) is 1. The molecule has 0 fully saturated rings. The maximum Gasteiger partial charge on any atom is 0.0559 e. The Bertz CT molecular complexity index is 302. The fourth-order valence-corrected chi connectivity index (χ4v) is 1.90. The average Bonchev–Trinajstić information content (AvgIpc) is 2.63. The molecule has 3 heteroatoms. The van der Waals surface area contributed by atoms with Gasteiger partial charge in [0, 0.05) is 19.1 Å². The molecule has 0 unspecified atom stereocenters. The van der Waals surface area contributed by atoms with E-state index in [1.165, 1.54) is 11.3 Å². The van der Waals surface area contributed by atoms with E-state index in [-0.39, 0.29) is 0 Å². The molecule has 0 spiro atoms. The van der Waals surface area contributed by atoms with E-state index in [1.54, 1.807) is 0 Å². The normalized spacial score (nSPS) is 15.9. The molecule has 1 aromatic heterocycles. The van der Waals surface area contributed by atoms with Gasteiger partial charge in [-0.1, -0.05) is 13.8 Å². The van der Waals surface area contributed by atoms with Crippen molar-refractivity contribution in [2.24, 2.45) is 0 Å². The molecule has 0 atom stereocenters. The lowest BCUT2D eigenvalue weighted by molar-refractivity contribution is 0.296. The van der Waals surface area contributed by atoms with Gasteiger partial charge in [-0.3, -0.25) is 4.68 Å². The number of fused-ring (bicyclic) bond motifs is 1. The molecule has 0 N–H and O–H groups in total. The average molecular weight is 209 g/mol. The number of rotatable bonds is 1. The highest BCUT2D eigenvalue weighted by molar-refractivity contribution is 5.21. The molecule has 2 rings (SSSR count). The van der Waals surface area contributed by atoms with Crippen LogP contribution in [0, 0.1) is 0 Å². The van der Waals surface area contributed by atoms with E-state index in [9.17, 15) is 0 Å². The van der Waals surface area contributed by atoms with Crippen LogP contribution >= 0.6 is 0 Å². The van der Waals surface area contributed by atoms with Gasteiger partial charge in [0.15, 0.2) is 0 Å². The Morgan fingerprint density at radius 3 is 2.60 bits per heavy atom. The minimum absolute atomic E-state index is 0.482. The molecular formula is C12H23N3. The van der Waals surface area contributed by atoms with Crippen molar-refractivity contribution >= 4 is 0 Å². The molecule has 3 nitrogen and oxygen atoms in total. The van der Waals surface area contributed by atoms with Gasteiger partial charge in [-0.2, -0.15) is 5.10 Å². The molecule has 1 aliphatic rings. The van der Waals surface area contributed by atoms with E-state index in [2.05, 4.69) is 35.6 Å². The Morgan fingerprint density at radius 1 is 1.33 bits per heavy atom. The summed E-state index contributed by atoms with van der Waals surface area (Å²) in [6.45, 7) is 10.6. The molecule has 86 valence electrons. The number of hydrogen-bond donors (Lipinski definition) is 0. The maximum absolute atomic E-state index is 4.42. The lowest BCUT2D eigenvalue weighted by Gasteiger charge is -2.24. The van der Waals surface area contributed by atoms with Crippen molar-refractivity contribution in [1.82, 2.24) is 14.7 Å². The summed E-state index contributed by atoms with van der Waals surface area (Å²) in [4.78, 5) is 2.35. The zero-order valence-corrected chi connectivity index (χ0v) is 10.6. The predicted octanol–water partition coefficient (Wildman–Crippen LogP) is 2.48. The fourth-order valence-electron chi connectivity index (χ4n) is 1.90. The highest BCUT2D eigenvalue weighted by Crippen LogP contribution is 2.20. The van der Waals surface area contributed by atoms with E-state index >= 15 is 0 Å². The lowest BCUT2D eigenvalue weighted by Crippen LogP contribution is -2.28. The van der Waals surface area contributed by atoms with Gasteiger partial charge < -0.3 is 4.90 Å². The highest BCUT2D eigenvalue weighted by Gasteiger charge is 2.18. The molecule has 0 radical (unpaired) electrons. The van der Waals surface area contributed by atoms with E-state index in [0.29, 0.717) is 6.04 Å². The van der Waals surface area contributed by atoms with Gasteiger partial charge >= 0.3 is 0 Å². The molecule has 1 aromatic rings. The standard InChI is InChI=1S/C10H17N3.C2H6/c1-8(2)13-10-7-12(3)5-4-9(10)6-11-13;1-2/h6,8H,4-5,7H2,1-3H3;1-2H3. The van der Waals surface area contributed by atoms with Crippen molar-refractivity contribution < 1.29 is 0 Å². The first-order valence-corrected chi connectivity index (χ1v) is 5.92. The highest BCUT2D eigenvalue weighted by atomic mass is 15.3. The van der Waals surface area contributed by atoms with Gasteiger partial charge in [-0.25, -0.2) is 0 Å². The minimum atomic E-state index is 0.482. The van der Waals surface area contributed by atoms with Crippen molar-refractivity contribution in [3.63, 3.8) is 0 Å². The molecule has 0 saturated carbocycles. The van der Waals surface area contributed by atoms with Crippen molar-refractivity contribution in [2.75, 3.05) is 13.6 Å². The van der Waals surface area contributed by atoms with Gasteiger partial charge in [-0.15, -0.1) is 0 Å². The zero-order valence-electron chi connectivity index (χ0n) is 10.6. The molecule has 0 amide bonds. The van der Waals surface area contributed by atoms with Crippen molar-refractivity contribution in [1.29, 1.82) is 0 Å². The van der Waals surface area contributed by atoms with E-state index in [1.807, 2.05) is 20.0 Å². The fraction of sp³-hybridized carbons (Fsp3) is 0.750. The molecule has 1 aliphatic heterocycles. The second-order valence-electron chi connectivity index (χ2n) is 4.14. The maximum atomic E-state index is 4.42. The summed E-state index contributed by atoms with van der Waals surface area (Å²) in [7, 11) is 2.17. The third-order valence-electron chi connectivity index (χ3n) is 2.66. The summed E-state index contributed by atoms with van der Waals surface area (Å²) >= 11 is 0. The molecule has 0 bridgehead atoms. The molecule has 15 heavy (non-hydrogen) atoms. The predicted molar refractivity (Wildman–Crippen MR) is 64.0 cm³/mol. The van der Waals surface area contributed by atoms with Crippen LogP contribution in [0.4, 0.5) is 0 Å². The quantitative estimate of drug-likeness (QED) is 0.708. The van der Waals surface area contributed by atoms with Gasteiger partial charge in [0.25, 0.3) is 0 Å². The first-order chi connectivity index (χ1) is 7.18. The third kappa shape index (κ3) is 2.59. The Hall–Kier alpha value is -0.830. The van der Waals surface area contributed by atoms with Gasteiger partial charge in [0.05, 0.1) is 11.9 Å². The van der Waals surface area contributed by atoms with Crippen LogP contribution < -0.4 is 0 Å². The molecule has 0 aromatic carbocycles. The van der Waals surface area contributed by atoms with Gasteiger partial charge in [0.2, 0.25) is 0 Å². The molecular weight excluding hydrogens is 186 g/mol. The van der Waals surface area contributed by atoms with Crippen molar-refractivity contribution in [2.45, 2.75) is 46.7 Å². The second-order valence-corrected chi connectivity index (χ2v) is 4.14. The topological polar surface area (TPSA) is 21.1 Å². The Balaban J connectivity index is 0.000000531. The zero-order chi connectivity index (χ0) is 11.4. The minimum Gasteiger partial charge on any atom is -0.300 e. The number of nitrogens with zero attached hydrogens (tertiary/aromatic N) is 3. The number of aromatic nitrogens is 2. The number of hydrogen-bond acceptors (Lipinski definition) is 2. The summed E-state index contributed by atoms with van der Waals surface area (Å²) in [6.07, 6.45) is 3.18. The van der Waals surface area contributed by atoms with Crippen molar-refractivity contribution in [3.05, 3.63) is 17.5 Å². The van der Waals surface area contributed by atoms with Crippen LogP contribution in [0.5, 0.6) is 0 Å². The van der Waals surface area contributed by atoms with E-state index in [4.69, 9.17) is 0 Å². The molecule has 0 aliphatic carbocycles. The van der Waals surface area contributed by atoms with E-state index < -0.39 is 0 Å². The van der Waals surface area contributed by atoms with Crippen LogP contribution in [-0.2, 0) is 13.0 Å².